The van der Waals surface area contributed by atoms with E-state index in [4.69, 9.17) is 9.47 Å². The van der Waals surface area contributed by atoms with E-state index in [0.717, 1.165) is 7.05 Å². The Morgan fingerprint density at radius 1 is 1.07 bits per heavy atom. The molecule has 0 spiro atoms. The number of fused-ring (bicyclic) bond motifs is 2. The van der Waals surface area contributed by atoms with E-state index < -0.39 is 40.9 Å². The number of anilines is 1. The monoisotopic (exact) mass is 744 g/mol. The lowest BCUT2D eigenvalue weighted by Gasteiger charge is -2.25. The molecule has 0 radical (unpaired) electrons. The van der Waals surface area contributed by atoms with Crippen LogP contribution in [0, 0.1) is 27.9 Å². The number of alkyl halides is 3. The molecule has 0 saturated carbocycles. The van der Waals surface area contributed by atoms with Gasteiger partial charge < -0.3 is 23.3 Å². The molecule has 15 heteroatoms. The largest absolute Gasteiger partial charge is 0.496 e. The highest BCUT2D eigenvalue weighted by Gasteiger charge is 2.43. The number of nitrogens with zero attached hydrogens (tertiary/aromatic N) is 4. The van der Waals surface area contributed by atoms with Crippen molar-refractivity contribution in [3.63, 3.8) is 0 Å². The van der Waals surface area contributed by atoms with Gasteiger partial charge in [-0.15, -0.1) is 0 Å². The van der Waals surface area contributed by atoms with E-state index in [-0.39, 0.29) is 40.4 Å². The highest BCUT2D eigenvalue weighted by Crippen LogP contribution is 2.47. The smallest absolute Gasteiger partial charge is 0.471 e. The molecular formula is C30H23F6IN4O4. The number of rotatable bonds is 8. The van der Waals surface area contributed by atoms with Crippen LogP contribution >= 0.6 is 22.6 Å². The number of benzene rings is 2. The average molecular weight is 744 g/mol. The van der Waals surface area contributed by atoms with E-state index in [1.807, 2.05) is 22.6 Å². The maximum absolute atomic E-state index is 14.0. The van der Waals surface area contributed by atoms with Gasteiger partial charge >= 0.3 is 12.1 Å². The van der Waals surface area contributed by atoms with Crippen LogP contribution in [0.15, 0.2) is 42.6 Å². The summed E-state index contributed by atoms with van der Waals surface area (Å²) >= 11 is 1.91. The number of aromatic nitrogens is 3. The van der Waals surface area contributed by atoms with E-state index in [9.17, 15) is 35.9 Å². The Labute approximate surface area is 265 Å². The number of hydrogen-bond acceptors (Lipinski definition) is 5. The molecule has 0 aliphatic rings. The molecule has 0 aliphatic heterocycles. The summed E-state index contributed by atoms with van der Waals surface area (Å²) in [6.07, 6.45) is -3.76. The quantitative estimate of drug-likeness (QED) is 0.0766. The molecule has 0 aliphatic carbocycles. The molecule has 5 aromatic rings. The van der Waals surface area contributed by atoms with Gasteiger partial charge in [0.2, 0.25) is 5.78 Å². The van der Waals surface area contributed by atoms with Crippen LogP contribution in [-0.4, -0.2) is 59.7 Å². The fourth-order valence-corrected chi connectivity index (χ4v) is 6.11. The third-order valence-corrected chi connectivity index (χ3v) is 8.11. The Bertz CT molecular complexity index is 1980. The predicted octanol–water partition coefficient (Wildman–Crippen LogP) is 6.70. The van der Waals surface area contributed by atoms with Crippen molar-refractivity contribution in [2.24, 2.45) is 0 Å². The topological polar surface area (TPSA) is 78.1 Å². The Balaban J connectivity index is 1.84. The molecule has 1 amide bonds. The van der Waals surface area contributed by atoms with Crippen LogP contribution in [0.5, 0.6) is 5.75 Å². The van der Waals surface area contributed by atoms with Gasteiger partial charge in [-0.1, -0.05) is 6.07 Å². The number of hydrogen-bond donors (Lipinski definition) is 0. The molecule has 3 heterocycles. The Hall–Kier alpha value is -4.12. The normalized spacial score (nSPS) is 11.9. The molecule has 0 atom stereocenters. The highest BCUT2D eigenvalue weighted by molar-refractivity contribution is 14.1. The van der Waals surface area contributed by atoms with Crippen molar-refractivity contribution in [1.82, 2.24) is 14.0 Å². The molecule has 0 fully saturated rings. The molecule has 0 unspecified atom stereocenters. The lowest BCUT2D eigenvalue weighted by Crippen LogP contribution is -2.39. The minimum absolute atomic E-state index is 0.0670. The standard InChI is InChI=1S/C30H23F6IN4O4/c1-14-38-25-20(40(14)8-9-44-3)13-22(45-4)23(27(25)39(2)29(43)30(34,35)36)16-6-5-7-41-21(12-19(37)26(16)41)28(42)15-10-17(31)24(33)18(32)11-15/h5-7,10-13H,8-9H2,1-4H3. The summed E-state index contributed by atoms with van der Waals surface area (Å²) in [5.41, 5.74) is 0.380. The number of halogens is 7. The molecule has 45 heavy (non-hydrogen) atoms. The van der Waals surface area contributed by atoms with E-state index in [2.05, 4.69) is 4.98 Å². The number of carbonyl (C=O) groups excluding carboxylic acids is 2. The van der Waals surface area contributed by atoms with Gasteiger partial charge in [0.05, 0.1) is 41.7 Å². The van der Waals surface area contributed by atoms with Crippen molar-refractivity contribution in [2.45, 2.75) is 19.6 Å². The number of methoxy groups -OCH3 is 2. The molecule has 0 saturated heterocycles. The van der Waals surface area contributed by atoms with Crippen LogP contribution in [0.1, 0.15) is 21.9 Å². The number of imidazole rings is 1. The first kappa shape index (κ1) is 32.3. The molecule has 5 rings (SSSR count). The zero-order chi connectivity index (χ0) is 33.0. The van der Waals surface area contributed by atoms with E-state index in [1.165, 1.54) is 36.9 Å². The summed E-state index contributed by atoms with van der Waals surface area (Å²) in [4.78, 5) is 31.1. The lowest BCUT2D eigenvalue weighted by molar-refractivity contribution is -0.170. The van der Waals surface area contributed by atoms with Gasteiger partial charge in [-0.25, -0.2) is 18.2 Å². The summed E-state index contributed by atoms with van der Waals surface area (Å²) in [7, 11) is 3.79. The van der Waals surface area contributed by atoms with Crippen LogP contribution in [0.4, 0.5) is 32.0 Å². The van der Waals surface area contributed by atoms with Crippen molar-refractivity contribution in [3.8, 4) is 16.9 Å². The molecule has 0 N–H and O–H groups in total. The number of ether oxygens (including phenoxy) is 2. The van der Waals surface area contributed by atoms with Crippen LogP contribution in [0.3, 0.4) is 0 Å². The number of carbonyl (C=O) groups is 2. The summed E-state index contributed by atoms with van der Waals surface area (Å²) in [5, 5.41) is 0. The van der Waals surface area contributed by atoms with Gasteiger partial charge in [-0.05, 0) is 53.8 Å². The first-order chi connectivity index (χ1) is 21.2. The summed E-state index contributed by atoms with van der Waals surface area (Å²) in [5.74, 6) is -7.28. The fourth-order valence-electron chi connectivity index (χ4n) is 5.26. The fraction of sp³-hybridized carbons (Fsp3) is 0.233. The predicted molar refractivity (Wildman–Crippen MR) is 161 cm³/mol. The van der Waals surface area contributed by atoms with Gasteiger partial charge in [-0.3, -0.25) is 9.59 Å². The van der Waals surface area contributed by atoms with Crippen molar-refractivity contribution in [2.75, 3.05) is 32.8 Å². The average Bonchev–Trinajstić information content (AvgIpc) is 3.51. The zero-order valence-corrected chi connectivity index (χ0v) is 26.2. The molecular weight excluding hydrogens is 721 g/mol. The second-order valence-electron chi connectivity index (χ2n) is 9.94. The van der Waals surface area contributed by atoms with Gasteiger partial charge in [0.25, 0.3) is 0 Å². The second-order valence-corrected chi connectivity index (χ2v) is 11.1. The third-order valence-electron chi connectivity index (χ3n) is 7.29. The van der Waals surface area contributed by atoms with Crippen molar-refractivity contribution >= 4 is 56.5 Å². The molecule has 3 aromatic heterocycles. The summed E-state index contributed by atoms with van der Waals surface area (Å²) in [6.45, 7) is 2.23. The van der Waals surface area contributed by atoms with Crippen molar-refractivity contribution in [3.05, 3.63) is 80.7 Å². The maximum atomic E-state index is 14.0. The highest BCUT2D eigenvalue weighted by atomic mass is 127. The van der Waals surface area contributed by atoms with E-state index >= 15 is 0 Å². The van der Waals surface area contributed by atoms with Crippen LogP contribution < -0.4 is 9.64 Å². The Morgan fingerprint density at radius 2 is 1.73 bits per heavy atom. The summed E-state index contributed by atoms with van der Waals surface area (Å²) < 4.78 is 97.4. The van der Waals surface area contributed by atoms with Gasteiger partial charge in [-0.2, -0.15) is 13.2 Å². The van der Waals surface area contributed by atoms with E-state index in [1.54, 1.807) is 23.6 Å². The van der Waals surface area contributed by atoms with Gasteiger partial charge in [0, 0.05) is 47.7 Å². The van der Waals surface area contributed by atoms with Gasteiger partial charge in [0.1, 0.15) is 17.1 Å². The first-order valence-electron chi connectivity index (χ1n) is 13.1. The Kier molecular flexibility index (Phi) is 8.61. The third kappa shape index (κ3) is 5.51. The van der Waals surface area contributed by atoms with Crippen LogP contribution in [0.2, 0.25) is 0 Å². The number of aryl methyl sites for hydroxylation is 1. The molecule has 2 aromatic carbocycles. The maximum Gasteiger partial charge on any atom is 0.471 e. The number of pyridine rings is 1. The van der Waals surface area contributed by atoms with Crippen molar-refractivity contribution in [1.29, 1.82) is 0 Å². The first-order valence-corrected chi connectivity index (χ1v) is 14.2. The minimum atomic E-state index is -5.23. The SMILES string of the molecule is COCCn1c(C)nc2c(N(C)C(=O)C(F)(F)F)c(-c3cccn4c(C(=O)c5cc(F)c(F)c(F)c5)cc(I)c34)c(OC)cc21. The number of ketones is 1. The molecule has 0 bridgehead atoms. The Morgan fingerprint density at radius 3 is 2.33 bits per heavy atom. The van der Waals surface area contributed by atoms with Gasteiger partial charge in [0.15, 0.2) is 17.5 Å². The van der Waals surface area contributed by atoms with Crippen LogP contribution in [0.25, 0.3) is 27.7 Å². The minimum Gasteiger partial charge on any atom is -0.496 e. The number of amides is 1. The molecule has 236 valence electrons. The zero-order valence-electron chi connectivity index (χ0n) is 24.0. The summed E-state index contributed by atoms with van der Waals surface area (Å²) in [6, 6.07) is 7.22. The molecule has 8 nitrogen and oxygen atoms in total. The van der Waals surface area contributed by atoms with Crippen molar-refractivity contribution < 1.29 is 45.4 Å². The van der Waals surface area contributed by atoms with E-state index in [0.29, 0.717) is 44.0 Å². The van der Waals surface area contributed by atoms with Crippen LogP contribution in [-0.2, 0) is 16.1 Å². The lowest BCUT2D eigenvalue weighted by atomic mass is 9.99. The second kappa shape index (κ2) is 12.0.